The summed E-state index contributed by atoms with van der Waals surface area (Å²) < 4.78 is 0. The molecule has 0 saturated heterocycles. The van der Waals surface area contributed by atoms with E-state index in [0.717, 1.165) is 0 Å². The van der Waals surface area contributed by atoms with Gasteiger partial charge in [-0.25, -0.2) is 0 Å². The number of rotatable bonds is 3. The highest BCUT2D eigenvalue weighted by molar-refractivity contribution is 9.49. The van der Waals surface area contributed by atoms with Crippen molar-refractivity contribution in [2.24, 2.45) is 0 Å². The molecule has 0 nitrogen and oxygen atoms in total. The van der Waals surface area contributed by atoms with Crippen LogP contribution in [0.15, 0.2) is 30.3 Å². The third kappa shape index (κ3) is 4.08. The standard InChI is InChI=1S/C8H9Br2Si/c9-11(10)7-6-8-4-2-1-3-5-8/h1-5H,6-7H2. The van der Waals surface area contributed by atoms with Crippen LogP contribution >= 0.6 is 30.6 Å². The van der Waals surface area contributed by atoms with Crippen LogP contribution in [-0.2, 0) is 6.42 Å². The second kappa shape index (κ2) is 5.12. The summed E-state index contributed by atoms with van der Waals surface area (Å²) in [6, 6.07) is 11.4. The van der Waals surface area contributed by atoms with Crippen LogP contribution in [0.2, 0.25) is 6.04 Å². The van der Waals surface area contributed by atoms with E-state index < -0.39 is 6.04 Å². The van der Waals surface area contributed by atoms with Crippen LogP contribution in [0.25, 0.3) is 0 Å². The van der Waals surface area contributed by atoms with Crippen molar-refractivity contribution in [1.29, 1.82) is 0 Å². The summed E-state index contributed by atoms with van der Waals surface area (Å²) in [4.78, 5) is 0. The molecule has 0 heterocycles. The molecule has 0 amide bonds. The first-order valence-electron chi connectivity index (χ1n) is 3.50. The van der Waals surface area contributed by atoms with Crippen LogP contribution < -0.4 is 0 Å². The summed E-state index contributed by atoms with van der Waals surface area (Å²) in [5.74, 6) is 0. The third-order valence-corrected chi connectivity index (χ3v) is 4.45. The molecule has 3 heteroatoms. The highest BCUT2D eigenvalue weighted by atomic mass is 79.9. The number of aryl methyl sites for hydroxylation is 1. The van der Waals surface area contributed by atoms with Crippen molar-refractivity contribution in [3.05, 3.63) is 35.9 Å². The molecular formula is C8H9Br2Si. The van der Waals surface area contributed by atoms with E-state index in [1.165, 1.54) is 18.0 Å². The highest BCUT2D eigenvalue weighted by Gasteiger charge is 2.00. The molecule has 59 valence electrons. The normalized spacial score (nSPS) is 10.5. The van der Waals surface area contributed by atoms with Crippen LogP contribution in [-0.4, -0.2) is 6.04 Å². The molecule has 0 aliphatic carbocycles. The first-order valence-corrected chi connectivity index (χ1v) is 9.72. The molecule has 0 N–H and O–H groups in total. The first kappa shape index (κ1) is 9.48. The molecule has 0 bridgehead atoms. The number of hydrogen-bond acceptors (Lipinski definition) is 0. The lowest BCUT2D eigenvalue weighted by Crippen LogP contribution is -1.93. The minimum absolute atomic E-state index is 0.407. The minimum Gasteiger partial charge on any atom is -0.112 e. The van der Waals surface area contributed by atoms with E-state index in [9.17, 15) is 0 Å². The Morgan fingerprint density at radius 3 is 2.27 bits per heavy atom. The van der Waals surface area contributed by atoms with Gasteiger partial charge < -0.3 is 0 Å². The van der Waals surface area contributed by atoms with Crippen molar-refractivity contribution < 1.29 is 0 Å². The van der Waals surface area contributed by atoms with Gasteiger partial charge in [-0.3, -0.25) is 0 Å². The molecule has 0 aromatic heterocycles. The third-order valence-electron chi connectivity index (χ3n) is 1.45. The highest BCUT2D eigenvalue weighted by Crippen LogP contribution is 2.12. The van der Waals surface area contributed by atoms with Gasteiger partial charge in [0, 0.05) is 0 Å². The molecule has 0 unspecified atom stereocenters. The molecule has 0 aliphatic heterocycles. The van der Waals surface area contributed by atoms with Gasteiger partial charge >= 0.3 is 0 Å². The van der Waals surface area contributed by atoms with Crippen LogP contribution in [0.5, 0.6) is 0 Å². The maximum Gasteiger partial charge on any atom is 0.216 e. The molecule has 11 heavy (non-hydrogen) atoms. The van der Waals surface area contributed by atoms with Gasteiger partial charge in [-0.1, -0.05) is 30.3 Å². The molecule has 1 aromatic carbocycles. The van der Waals surface area contributed by atoms with Gasteiger partial charge in [0.2, 0.25) is 6.04 Å². The van der Waals surface area contributed by atoms with Crippen LogP contribution in [0, 0.1) is 0 Å². The van der Waals surface area contributed by atoms with Crippen molar-refractivity contribution in [2.75, 3.05) is 0 Å². The van der Waals surface area contributed by atoms with Crippen molar-refractivity contribution in [1.82, 2.24) is 0 Å². The fourth-order valence-corrected chi connectivity index (χ4v) is 2.55. The monoisotopic (exact) mass is 291 g/mol. The summed E-state index contributed by atoms with van der Waals surface area (Å²) in [5.41, 5.74) is 1.42. The van der Waals surface area contributed by atoms with Crippen LogP contribution in [0.3, 0.4) is 0 Å². The Labute approximate surface area is 84.8 Å². The predicted octanol–water partition coefficient (Wildman–Crippen LogP) is 3.51. The average molecular weight is 293 g/mol. The Bertz CT molecular complexity index is 199. The lowest BCUT2D eigenvalue weighted by molar-refractivity contribution is 1.13. The lowest BCUT2D eigenvalue weighted by Gasteiger charge is -1.99. The van der Waals surface area contributed by atoms with Crippen molar-refractivity contribution in [3.63, 3.8) is 0 Å². The summed E-state index contributed by atoms with van der Waals surface area (Å²) in [7, 11) is 0. The molecule has 1 radical (unpaired) electrons. The zero-order valence-corrected chi connectivity index (χ0v) is 10.2. The maximum atomic E-state index is 3.55. The summed E-state index contributed by atoms with van der Waals surface area (Å²) in [6.45, 7) is 0. The predicted molar refractivity (Wildman–Crippen MR) is 58.6 cm³/mol. The van der Waals surface area contributed by atoms with E-state index in [4.69, 9.17) is 0 Å². The van der Waals surface area contributed by atoms with E-state index in [2.05, 4.69) is 60.9 Å². The molecule has 0 saturated carbocycles. The van der Waals surface area contributed by atoms with E-state index >= 15 is 0 Å². The van der Waals surface area contributed by atoms with Crippen molar-refractivity contribution >= 4 is 36.6 Å². The lowest BCUT2D eigenvalue weighted by atomic mass is 10.2. The summed E-state index contributed by atoms with van der Waals surface area (Å²) >= 11 is 7.10. The number of benzene rings is 1. The number of hydrogen-bond donors (Lipinski definition) is 0. The SMILES string of the molecule is Br[Si](Br)CCc1ccccc1. The van der Waals surface area contributed by atoms with E-state index in [1.54, 1.807) is 0 Å². The first-order chi connectivity index (χ1) is 5.29. The molecular weight excluding hydrogens is 284 g/mol. The van der Waals surface area contributed by atoms with Crippen molar-refractivity contribution in [2.45, 2.75) is 12.5 Å². The van der Waals surface area contributed by atoms with E-state index in [-0.39, 0.29) is 0 Å². The smallest absolute Gasteiger partial charge is 0.112 e. The quantitative estimate of drug-likeness (QED) is 0.591. The Morgan fingerprint density at radius 1 is 1.09 bits per heavy atom. The summed E-state index contributed by atoms with van der Waals surface area (Å²) in [6.07, 6.45) is 1.17. The Hall–Kier alpha value is 0.397. The van der Waals surface area contributed by atoms with E-state index in [1.807, 2.05) is 0 Å². The van der Waals surface area contributed by atoms with Gasteiger partial charge in [0.1, 0.15) is 0 Å². The topological polar surface area (TPSA) is 0 Å². The Morgan fingerprint density at radius 2 is 1.73 bits per heavy atom. The second-order valence-electron chi connectivity index (χ2n) is 2.32. The van der Waals surface area contributed by atoms with Gasteiger partial charge in [-0.2, -0.15) is 0 Å². The fourth-order valence-electron chi connectivity index (χ4n) is 0.884. The van der Waals surface area contributed by atoms with Crippen LogP contribution in [0.1, 0.15) is 5.56 Å². The van der Waals surface area contributed by atoms with Gasteiger partial charge in [0.15, 0.2) is 0 Å². The average Bonchev–Trinajstić information content (AvgIpc) is 2.03. The zero-order chi connectivity index (χ0) is 8.10. The molecule has 1 aromatic rings. The molecule has 0 fully saturated rings. The molecule has 0 atom stereocenters. The maximum absolute atomic E-state index is 3.55. The van der Waals surface area contributed by atoms with Gasteiger partial charge in [0.25, 0.3) is 0 Å². The second-order valence-corrected chi connectivity index (χ2v) is 12.4. The van der Waals surface area contributed by atoms with E-state index in [0.29, 0.717) is 0 Å². The van der Waals surface area contributed by atoms with Gasteiger partial charge in [0.05, 0.1) is 0 Å². The Kier molecular flexibility index (Phi) is 4.41. The largest absolute Gasteiger partial charge is 0.216 e. The van der Waals surface area contributed by atoms with Crippen LogP contribution in [0.4, 0.5) is 0 Å². The molecule has 1 rings (SSSR count). The van der Waals surface area contributed by atoms with Crippen molar-refractivity contribution in [3.8, 4) is 0 Å². The Balaban J connectivity index is 2.39. The fraction of sp³-hybridized carbons (Fsp3) is 0.250. The van der Waals surface area contributed by atoms with Gasteiger partial charge in [-0.15, -0.1) is 30.6 Å². The number of halogens is 2. The zero-order valence-electron chi connectivity index (χ0n) is 6.06. The minimum atomic E-state index is -0.407. The van der Waals surface area contributed by atoms with Gasteiger partial charge in [-0.05, 0) is 18.0 Å². The molecule has 0 aliphatic rings. The summed E-state index contributed by atoms with van der Waals surface area (Å²) in [5, 5.41) is 0. The molecule has 0 spiro atoms.